The monoisotopic (exact) mass is 153 g/mol. The molecule has 1 nitrogen and oxygen atoms in total. The predicted octanol–water partition coefficient (Wildman–Crippen LogP) is 2.16. The molecular weight excluding hydrogens is 134 g/mol. The molecule has 0 aromatic heterocycles. The van der Waals surface area contributed by atoms with Gasteiger partial charge in [-0.1, -0.05) is 13.8 Å². The van der Waals surface area contributed by atoms with Crippen LogP contribution in [0.2, 0.25) is 0 Å². The van der Waals surface area contributed by atoms with Crippen LogP contribution in [0, 0.1) is 17.8 Å². The molecule has 11 heavy (non-hydrogen) atoms. The average molecular weight is 153 g/mol. The molecule has 2 aliphatic carbocycles. The molecule has 0 saturated heterocycles. The second-order valence-electron chi connectivity index (χ2n) is 4.70. The molecule has 2 saturated carbocycles. The maximum absolute atomic E-state index is 6.45. The van der Waals surface area contributed by atoms with Gasteiger partial charge in [-0.05, 0) is 43.4 Å². The fraction of sp³-hybridized carbons (Fsp3) is 1.00. The van der Waals surface area contributed by atoms with Crippen LogP contribution < -0.4 is 5.73 Å². The highest BCUT2D eigenvalue weighted by atomic mass is 14.8. The number of hydrogen-bond donors (Lipinski definition) is 1. The van der Waals surface area contributed by atoms with E-state index in [-0.39, 0.29) is 5.54 Å². The maximum Gasteiger partial charge on any atom is 0.0234 e. The summed E-state index contributed by atoms with van der Waals surface area (Å²) >= 11 is 0. The lowest BCUT2D eigenvalue weighted by molar-refractivity contribution is 0.230. The van der Waals surface area contributed by atoms with Crippen molar-refractivity contribution in [1.82, 2.24) is 0 Å². The Hall–Kier alpha value is -0.0400. The van der Waals surface area contributed by atoms with Crippen molar-refractivity contribution in [3.05, 3.63) is 0 Å². The molecule has 0 radical (unpaired) electrons. The first-order valence-electron chi connectivity index (χ1n) is 4.94. The minimum absolute atomic E-state index is 0.222. The maximum atomic E-state index is 6.45. The molecule has 0 aromatic rings. The summed E-state index contributed by atoms with van der Waals surface area (Å²) in [6.07, 6.45) is 5.58. The van der Waals surface area contributed by atoms with Crippen molar-refractivity contribution in [2.45, 2.75) is 45.1 Å². The first kappa shape index (κ1) is 7.60. The zero-order valence-corrected chi connectivity index (χ0v) is 7.64. The Kier molecular flexibility index (Phi) is 1.54. The summed E-state index contributed by atoms with van der Waals surface area (Å²) < 4.78 is 0. The Bertz CT molecular complexity index is 137. The van der Waals surface area contributed by atoms with Crippen molar-refractivity contribution in [3.63, 3.8) is 0 Å². The number of rotatable bonds is 3. The second-order valence-corrected chi connectivity index (χ2v) is 4.70. The zero-order valence-electron chi connectivity index (χ0n) is 7.64. The summed E-state index contributed by atoms with van der Waals surface area (Å²) in [5, 5.41) is 0. The lowest BCUT2D eigenvalue weighted by Crippen LogP contribution is -2.49. The molecule has 0 amide bonds. The van der Waals surface area contributed by atoms with Crippen LogP contribution in [0.1, 0.15) is 39.5 Å². The van der Waals surface area contributed by atoms with Gasteiger partial charge in [-0.2, -0.15) is 0 Å². The van der Waals surface area contributed by atoms with E-state index in [0.29, 0.717) is 5.92 Å². The zero-order chi connectivity index (χ0) is 8.06. The fourth-order valence-electron chi connectivity index (χ4n) is 2.44. The highest BCUT2D eigenvalue weighted by Crippen LogP contribution is 2.53. The molecule has 64 valence electrons. The van der Waals surface area contributed by atoms with Gasteiger partial charge in [0.15, 0.2) is 0 Å². The molecule has 0 heterocycles. The van der Waals surface area contributed by atoms with Crippen molar-refractivity contribution in [1.29, 1.82) is 0 Å². The van der Waals surface area contributed by atoms with Crippen LogP contribution in [0.25, 0.3) is 0 Å². The largest absolute Gasteiger partial charge is 0.324 e. The van der Waals surface area contributed by atoms with Crippen LogP contribution in [0.3, 0.4) is 0 Å². The van der Waals surface area contributed by atoms with Crippen LogP contribution in [0.5, 0.6) is 0 Å². The Morgan fingerprint density at radius 3 is 1.64 bits per heavy atom. The highest BCUT2D eigenvalue weighted by Gasteiger charge is 2.52. The predicted molar refractivity (Wildman–Crippen MR) is 47.2 cm³/mol. The van der Waals surface area contributed by atoms with Gasteiger partial charge in [-0.15, -0.1) is 0 Å². The van der Waals surface area contributed by atoms with Crippen molar-refractivity contribution in [2.75, 3.05) is 0 Å². The Morgan fingerprint density at radius 2 is 1.45 bits per heavy atom. The fourth-order valence-corrected chi connectivity index (χ4v) is 2.44. The van der Waals surface area contributed by atoms with Crippen LogP contribution >= 0.6 is 0 Å². The summed E-state index contributed by atoms with van der Waals surface area (Å²) in [5.41, 5.74) is 6.67. The van der Waals surface area contributed by atoms with Gasteiger partial charge in [-0.25, -0.2) is 0 Å². The molecule has 2 fully saturated rings. The Labute approximate surface area is 69.4 Å². The van der Waals surface area contributed by atoms with E-state index < -0.39 is 0 Å². The molecule has 0 bridgehead atoms. The first-order chi connectivity index (χ1) is 5.15. The van der Waals surface area contributed by atoms with Crippen molar-refractivity contribution < 1.29 is 0 Å². The average Bonchev–Trinajstić information content (AvgIpc) is 2.79. The van der Waals surface area contributed by atoms with Gasteiger partial charge < -0.3 is 5.73 Å². The lowest BCUT2D eigenvalue weighted by atomic mass is 9.78. The number of hydrogen-bond acceptors (Lipinski definition) is 1. The van der Waals surface area contributed by atoms with Gasteiger partial charge in [0.1, 0.15) is 0 Å². The summed E-state index contributed by atoms with van der Waals surface area (Å²) in [4.78, 5) is 0. The van der Waals surface area contributed by atoms with E-state index in [1.54, 1.807) is 0 Å². The highest BCUT2D eigenvalue weighted by molar-refractivity contribution is 5.08. The molecular formula is C10H19N. The van der Waals surface area contributed by atoms with Gasteiger partial charge in [-0.3, -0.25) is 0 Å². The van der Waals surface area contributed by atoms with E-state index >= 15 is 0 Å². The summed E-state index contributed by atoms with van der Waals surface area (Å²) in [6.45, 7) is 4.58. The summed E-state index contributed by atoms with van der Waals surface area (Å²) in [7, 11) is 0. The number of nitrogens with two attached hydrogens (primary N) is 1. The van der Waals surface area contributed by atoms with Crippen molar-refractivity contribution >= 4 is 0 Å². The minimum Gasteiger partial charge on any atom is -0.324 e. The van der Waals surface area contributed by atoms with E-state index in [0.717, 1.165) is 11.8 Å². The Balaban J connectivity index is 2.10. The van der Waals surface area contributed by atoms with Crippen molar-refractivity contribution in [2.24, 2.45) is 23.5 Å². The molecule has 0 aliphatic heterocycles. The lowest BCUT2D eigenvalue weighted by Gasteiger charge is -2.34. The first-order valence-corrected chi connectivity index (χ1v) is 4.94. The molecule has 0 spiro atoms. The topological polar surface area (TPSA) is 26.0 Å². The van der Waals surface area contributed by atoms with Crippen LogP contribution in [0.15, 0.2) is 0 Å². The quantitative estimate of drug-likeness (QED) is 0.660. The van der Waals surface area contributed by atoms with E-state index in [4.69, 9.17) is 5.73 Å². The molecule has 0 unspecified atom stereocenters. The van der Waals surface area contributed by atoms with Crippen LogP contribution in [0.4, 0.5) is 0 Å². The molecule has 2 N–H and O–H groups in total. The summed E-state index contributed by atoms with van der Waals surface area (Å²) in [5.74, 6) is 2.42. The van der Waals surface area contributed by atoms with E-state index in [1.807, 2.05) is 0 Å². The van der Waals surface area contributed by atoms with Gasteiger partial charge in [0, 0.05) is 5.54 Å². The smallest absolute Gasteiger partial charge is 0.0234 e. The normalized spacial score (nSPS) is 26.2. The minimum atomic E-state index is 0.222. The van der Waals surface area contributed by atoms with Gasteiger partial charge >= 0.3 is 0 Å². The van der Waals surface area contributed by atoms with E-state index in [2.05, 4.69) is 13.8 Å². The van der Waals surface area contributed by atoms with Gasteiger partial charge in [0.05, 0.1) is 0 Å². The second kappa shape index (κ2) is 2.22. The third kappa shape index (κ3) is 1.10. The van der Waals surface area contributed by atoms with E-state index in [9.17, 15) is 0 Å². The molecule has 0 aromatic carbocycles. The Morgan fingerprint density at radius 1 is 1.09 bits per heavy atom. The third-order valence-electron chi connectivity index (χ3n) is 3.57. The van der Waals surface area contributed by atoms with Gasteiger partial charge in [0.25, 0.3) is 0 Å². The molecule has 1 heteroatoms. The SMILES string of the molecule is CC(C)C(N)(C1CC1)C1CC1. The van der Waals surface area contributed by atoms with Crippen molar-refractivity contribution in [3.8, 4) is 0 Å². The third-order valence-corrected chi connectivity index (χ3v) is 3.57. The standard InChI is InChI=1S/C10H19N/c1-7(2)10(11,8-3-4-8)9-5-6-9/h7-9H,3-6,11H2,1-2H3. The molecule has 0 atom stereocenters. The van der Waals surface area contributed by atoms with Crippen LogP contribution in [-0.2, 0) is 0 Å². The molecule has 2 aliphatic rings. The molecule has 2 rings (SSSR count). The van der Waals surface area contributed by atoms with Crippen LogP contribution in [-0.4, -0.2) is 5.54 Å². The van der Waals surface area contributed by atoms with E-state index in [1.165, 1.54) is 25.7 Å². The summed E-state index contributed by atoms with van der Waals surface area (Å²) in [6, 6.07) is 0. The van der Waals surface area contributed by atoms with Gasteiger partial charge in [0.2, 0.25) is 0 Å².